The van der Waals surface area contributed by atoms with Gasteiger partial charge in [0.15, 0.2) is 0 Å². The lowest BCUT2D eigenvalue weighted by Crippen LogP contribution is -2.10. The van der Waals surface area contributed by atoms with Crippen LogP contribution in [0.3, 0.4) is 0 Å². The Bertz CT molecular complexity index is 911. The van der Waals surface area contributed by atoms with Crippen LogP contribution in [0.1, 0.15) is 16.1 Å². The van der Waals surface area contributed by atoms with Crippen molar-refractivity contribution in [1.82, 2.24) is 5.16 Å². The van der Waals surface area contributed by atoms with E-state index < -0.39 is 5.91 Å². The minimum Gasteiger partial charge on any atom is -0.350 e. The maximum Gasteiger partial charge on any atom is 0.294 e. The van der Waals surface area contributed by atoms with Crippen molar-refractivity contribution in [2.45, 2.75) is 6.42 Å². The van der Waals surface area contributed by atoms with Crippen LogP contribution in [0.25, 0.3) is 11.3 Å². The van der Waals surface area contributed by atoms with Crippen LogP contribution in [0.15, 0.2) is 59.1 Å². The van der Waals surface area contributed by atoms with Crippen molar-refractivity contribution in [2.24, 2.45) is 0 Å². The Hall–Kier alpha value is -3.46. The van der Waals surface area contributed by atoms with E-state index in [-0.39, 0.29) is 11.6 Å². The van der Waals surface area contributed by atoms with Crippen LogP contribution >= 0.6 is 0 Å². The fourth-order valence-electron chi connectivity index (χ4n) is 2.16. The summed E-state index contributed by atoms with van der Waals surface area (Å²) in [6, 6.07) is 16.3. The Labute approximate surface area is 137 Å². The lowest BCUT2D eigenvalue weighted by molar-refractivity contribution is 0.0988. The molecule has 2 aromatic carbocycles. The summed E-state index contributed by atoms with van der Waals surface area (Å²) in [6.45, 7) is 0. The first-order valence-electron chi connectivity index (χ1n) is 7.15. The highest BCUT2D eigenvalue weighted by molar-refractivity contribution is 6.02. The lowest BCUT2D eigenvalue weighted by Gasteiger charge is -2.03. The van der Waals surface area contributed by atoms with E-state index in [9.17, 15) is 9.18 Å². The molecule has 0 bridgehead atoms. The van der Waals surface area contributed by atoms with E-state index in [4.69, 9.17) is 9.78 Å². The van der Waals surface area contributed by atoms with Gasteiger partial charge in [0.25, 0.3) is 5.91 Å². The van der Waals surface area contributed by atoms with Crippen LogP contribution in [-0.2, 0) is 6.42 Å². The van der Waals surface area contributed by atoms with Gasteiger partial charge in [0.1, 0.15) is 11.5 Å². The summed E-state index contributed by atoms with van der Waals surface area (Å²) in [7, 11) is 0. The molecule has 0 aliphatic heterocycles. The van der Waals surface area contributed by atoms with Crippen molar-refractivity contribution in [1.29, 1.82) is 5.26 Å². The summed E-state index contributed by atoms with van der Waals surface area (Å²) in [5.74, 6) is -0.826. The molecule has 0 atom stereocenters. The van der Waals surface area contributed by atoms with E-state index in [2.05, 4.69) is 16.5 Å². The first kappa shape index (κ1) is 15.4. The minimum absolute atomic E-state index is 0.0235. The second-order valence-corrected chi connectivity index (χ2v) is 5.07. The molecule has 3 aromatic rings. The van der Waals surface area contributed by atoms with Crippen LogP contribution in [0, 0.1) is 17.1 Å². The molecule has 0 aliphatic carbocycles. The van der Waals surface area contributed by atoms with E-state index in [1.165, 1.54) is 18.2 Å². The molecule has 3 rings (SSSR count). The zero-order chi connectivity index (χ0) is 16.9. The third-order valence-corrected chi connectivity index (χ3v) is 3.35. The maximum absolute atomic E-state index is 13.2. The molecule has 6 heteroatoms. The highest BCUT2D eigenvalue weighted by Gasteiger charge is 2.14. The third kappa shape index (κ3) is 3.47. The summed E-state index contributed by atoms with van der Waals surface area (Å²) in [5.41, 5.74) is 2.34. The number of nitrogens with zero attached hydrogens (tertiary/aromatic N) is 2. The predicted octanol–water partition coefficient (Wildman–Crippen LogP) is 3.80. The molecular formula is C18H12FN3O2. The number of carbonyl (C=O) groups is 1. The summed E-state index contributed by atoms with van der Waals surface area (Å²) in [4.78, 5) is 12.2. The van der Waals surface area contributed by atoms with Gasteiger partial charge in [-0.3, -0.25) is 4.79 Å². The Balaban J connectivity index is 1.73. The molecule has 118 valence electrons. The lowest BCUT2D eigenvalue weighted by atomic mass is 10.1. The largest absolute Gasteiger partial charge is 0.350 e. The van der Waals surface area contributed by atoms with E-state index in [1.807, 2.05) is 0 Å². The monoisotopic (exact) mass is 321 g/mol. The van der Waals surface area contributed by atoms with Crippen molar-refractivity contribution in [3.63, 3.8) is 0 Å². The van der Waals surface area contributed by atoms with Crippen molar-refractivity contribution in [3.8, 4) is 17.3 Å². The molecule has 1 heterocycles. The number of benzene rings is 2. The Morgan fingerprint density at radius 1 is 1.21 bits per heavy atom. The number of aromatic nitrogens is 1. The molecule has 0 saturated carbocycles. The molecule has 1 N–H and O–H groups in total. The summed E-state index contributed by atoms with van der Waals surface area (Å²) < 4.78 is 18.3. The van der Waals surface area contributed by atoms with E-state index in [0.29, 0.717) is 23.4 Å². The van der Waals surface area contributed by atoms with Gasteiger partial charge in [-0.25, -0.2) is 4.39 Å². The first-order valence-corrected chi connectivity index (χ1v) is 7.15. The number of halogens is 1. The standard InChI is InChI=1S/C18H12FN3O2/c19-14-3-1-2-13(10-14)16-11-17(24-22-16)18(23)21-15-6-4-12(5-7-15)8-9-20/h1-7,10-11H,8H2,(H,21,23). The third-order valence-electron chi connectivity index (χ3n) is 3.35. The van der Waals surface area contributed by atoms with E-state index >= 15 is 0 Å². The summed E-state index contributed by atoms with van der Waals surface area (Å²) in [5, 5.41) is 15.1. The molecule has 0 aliphatic rings. The van der Waals surface area contributed by atoms with Gasteiger partial charge in [0.05, 0.1) is 12.5 Å². The molecule has 0 radical (unpaired) electrons. The fourth-order valence-corrected chi connectivity index (χ4v) is 2.16. The van der Waals surface area contributed by atoms with Crippen LogP contribution in [0.4, 0.5) is 10.1 Å². The molecule has 1 aromatic heterocycles. The molecule has 0 unspecified atom stereocenters. The zero-order valence-corrected chi connectivity index (χ0v) is 12.5. The number of carbonyl (C=O) groups excluding carboxylic acids is 1. The van der Waals surface area contributed by atoms with Crippen LogP contribution < -0.4 is 5.32 Å². The second-order valence-electron chi connectivity index (χ2n) is 5.07. The number of hydrogen-bond donors (Lipinski definition) is 1. The maximum atomic E-state index is 13.2. The predicted molar refractivity (Wildman–Crippen MR) is 85.6 cm³/mol. The average molecular weight is 321 g/mol. The topological polar surface area (TPSA) is 78.9 Å². The van der Waals surface area contributed by atoms with Crippen molar-refractivity contribution >= 4 is 11.6 Å². The SMILES string of the molecule is N#CCc1ccc(NC(=O)c2cc(-c3cccc(F)c3)no2)cc1. The van der Waals surface area contributed by atoms with E-state index in [0.717, 1.165) is 5.56 Å². The van der Waals surface area contributed by atoms with Gasteiger partial charge in [0.2, 0.25) is 5.76 Å². The van der Waals surface area contributed by atoms with Gasteiger partial charge in [-0.2, -0.15) is 5.26 Å². The van der Waals surface area contributed by atoms with Gasteiger partial charge >= 0.3 is 0 Å². The number of nitriles is 1. The van der Waals surface area contributed by atoms with Crippen molar-refractivity contribution in [3.05, 3.63) is 71.7 Å². The summed E-state index contributed by atoms with van der Waals surface area (Å²) >= 11 is 0. The number of rotatable bonds is 4. The van der Waals surface area contributed by atoms with Crippen LogP contribution in [-0.4, -0.2) is 11.1 Å². The molecule has 0 saturated heterocycles. The molecular weight excluding hydrogens is 309 g/mol. The van der Waals surface area contributed by atoms with Crippen LogP contribution in [0.5, 0.6) is 0 Å². The number of amides is 1. The van der Waals surface area contributed by atoms with Gasteiger partial charge in [-0.1, -0.05) is 29.4 Å². The molecule has 5 nitrogen and oxygen atoms in total. The van der Waals surface area contributed by atoms with Crippen molar-refractivity contribution < 1.29 is 13.7 Å². The van der Waals surface area contributed by atoms with Crippen molar-refractivity contribution in [2.75, 3.05) is 5.32 Å². The minimum atomic E-state index is -0.460. The van der Waals surface area contributed by atoms with E-state index in [1.54, 1.807) is 36.4 Å². The van der Waals surface area contributed by atoms with Gasteiger partial charge in [-0.05, 0) is 29.8 Å². The number of nitrogens with one attached hydrogen (secondary N) is 1. The number of anilines is 1. The molecule has 0 spiro atoms. The first-order chi connectivity index (χ1) is 11.7. The fraction of sp³-hybridized carbons (Fsp3) is 0.0556. The molecule has 0 fully saturated rings. The Morgan fingerprint density at radius 2 is 2.00 bits per heavy atom. The average Bonchev–Trinajstić information content (AvgIpc) is 3.07. The highest BCUT2D eigenvalue weighted by atomic mass is 19.1. The highest BCUT2D eigenvalue weighted by Crippen LogP contribution is 2.20. The molecule has 1 amide bonds. The zero-order valence-electron chi connectivity index (χ0n) is 12.5. The smallest absolute Gasteiger partial charge is 0.294 e. The van der Waals surface area contributed by atoms with Gasteiger partial charge < -0.3 is 9.84 Å². The molecule has 24 heavy (non-hydrogen) atoms. The Morgan fingerprint density at radius 3 is 2.71 bits per heavy atom. The van der Waals surface area contributed by atoms with Crippen LogP contribution in [0.2, 0.25) is 0 Å². The second kappa shape index (κ2) is 6.75. The summed E-state index contributed by atoms with van der Waals surface area (Å²) in [6.07, 6.45) is 0.313. The quantitative estimate of drug-likeness (QED) is 0.792. The number of hydrogen-bond acceptors (Lipinski definition) is 4. The van der Waals surface area contributed by atoms with Gasteiger partial charge in [0, 0.05) is 17.3 Å². The van der Waals surface area contributed by atoms with Gasteiger partial charge in [-0.15, -0.1) is 0 Å². The normalized spacial score (nSPS) is 10.2. The Kier molecular flexibility index (Phi) is 4.34.